The fraction of sp³-hybridized carbons (Fsp3) is 0.333. The summed E-state index contributed by atoms with van der Waals surface area (Å²) in [4.78, 5) is 31.6. The molecule has 0 saturated carbocycles. The number of nitrogens with one attached hydrogen (secondary N) is 1. The first-order valence-electron chi connectivity index (χ1n) is 8.64. The number of carbonyl (C=O) groups excluding carboxylic acids is 1. The number of aromatic nitrogens is 1. The van der Waals surface area contributed by atoms with E-state index in [1.807, 2.05) is 12.1 Å². The third kappa shape index (κ3) is 4.50. The molecule has 2 heterocycles. The van der Waals surface area contributed by atoms with Gasteiger partial charge in [0.05, 0.1) is 4.92 Å². The lowest BCUT2D eigenvalue weighted by Crippen LogP contribution is -2.44. The van der Waals surface area contributed by atoms with Crippen LogP contribution in [0.15, 0.2) is 36.5 Å². The molecule has 1 fully saturated rings. The van der Waals surface area contributed by atoms with E-state index in [1.165, 1.54) is 18.2 Å². The lowest BCUT2D eigenvalue weighted by Gasteiger charge is -2.33. The second kappa shape index (κ2) is 8.00. The van der Waals surface area contributed by atoms with Gasteiger partial charge in [0.15, 0.2) is 0 Å². The number of nitrogens with zero attached hydrogens (tertiary/aromatic N) is 4. The van der Waals surface area contributed by atoms with Crippen LogP contribution in [0.25, 0.3) is 0 Å². The Labute approximate surface area is 156 Å². The van der Waals surface area contributed by atoms with E-state index in [2.05, 4.69) is 27.1 Å². The molecular formula is C18H22N6O3. The van der Waals surface area contributed by atoms with Crippen LogP contribution in [-0.4, -0.2) is 53.9 Å². The average Bonchev–Trinajstić information content (AvgIpc) is 2.67. The topological polar surface area (TPSA) is 118 Å². The van der Waals surface area contributed by atoms with Gasteiger partial charge in [-0.1, -0.05) is 6.07 Å². The Morgan fingerprint density at radius 1 is 1.26 bits per heavy atom. The van der Waals surface area contributed by atoms with Crippen LogP contribution in [0.5, 0.6) is 0 Å². The molecule has 3 rings (SSSR count). The minimum Gasteiger partial charge on any atom is -0.393 e. The van der Waals surface area contributed by atoms with Gasteiger partial charge in [0.1, 0.15) is 11.5 Å². The van der Waals surface area contributed by atoms with Gasteiger partial charge in [-0.3, -0.25) is 14.9 Å². The summed E-state index contributed by atoms with van der Waals surface area (Å²) < 4.78 is 0. The molecule has 0 unspecified atom stereocenters. The van der Waals surface area contributed by atoms with E-state index in [4.69, 9.17) is 5.73 Å². The quantitative estimate of drug-likeness (QED) is 0.462. The molecule has 0 bridgehead atoms. The maximum atomic E-state index is 12.2. The Hall–Kier alpha value is -3.20. The van der Waals surface area contributed by atoms with Gasteiger partial charge in [-0.15, -0.1) is 0 Å². The maximum Gasteiger partial charge on any atom is 0.292 e. The van der Waals surface area contributed by atoms with E-state index in [0.717, 1.165) is 37.6 Å². The van der Waals surface area contributed by atoms with Gasteiger partial charge in [-0.05, 0) is 30.8 Å². The summed E-state index contributed by atoms with van der Waals surface area (Å²) in [6.07, 6.45) is 1.74. The van der Waals surface area contributed by atoms with E-state index < -0.39 is 10.8 Å². The number of benzene rings is 1. The molecule has 1 aromatic carbocycles. The van der Waals surface area contributed by atoms with Crippen LogP contribution in [0.2, 0.25) is 0 Å². The van der Waals surface area contributed by atoms with Crippen LogP contribution < -0.4 is 16.0 Å². The number of hydrogen-bond donors (Lipinski definition) is 2. The monoisotopic (exact) mass is 370 g/mol. The van der Waals surface area contributed by atoms with Crippen molar-refractivity contribution < 1.29 is 9.72 Å². The number of anilines is 2. The highest BCUT2D eigenvalue weighted by Crippen LogP contribution is 2.22. The largest absolute Gasteiger partial charge is 0.393 e. The van der Waals surface area contributed by atoms with Gasteiger partial charge in [-0.2, -0.15) is 0 Å². The van der Waals surface area contributed by atoms with Gasteiger partial charge in [-0.25, -0.2) is 4.98 Å². The minimum absolute atomic E-state index is 0.0280. The Morgan fingerprint density at radius 3 is 2.63 bits per heavy atom. The van der Waals surface area contributed by atoms with Crippen molar-refractivity contribution in [2.24, 2.45) is 0 Å². The molecule has 9 heteroatoms. The molecular weight excluding hydrogens is 348 g/mol. The molecule has 2 aromatic rings. The van der Waals surface area contributed by atoms with E-state index in [1.54, 1.807) is 6.20 Å². The first kappa shape index (κ1) is 18.6. The Bertz CT molecular complexity index is 831. The maximum absolute atomic E-state index is 12.2. The first-order chi connectivity index (χ1) is 12.9. The predicted molar refractivity (Wildman–Crippen MR) is 103 cm³/mol. The first-order valence-corrected chi connectivity index (χ1v) is 8.64. The van der Waals surface area contributed by atoms with Gasteiger partial charge in [0.25, 0.3) is 11.6 Å². The summed E-state index contributed by atoms with van der Waals surface area (Å²) in [5.74, 6) is 0.522. The van der Waals surface area contributed by atoms with Crippen LogP contribution >= 0.6 is 0 Å². The number of nitrogen functional groups attached to an aromatic ring is 1. The summed E-state index contributed by atoms with van der Waals surface area (Å²) in [5.41, 5.74) is 6.35. The molecule has 0 atom stereocenters. The van der Waals surface area contributed by atoms with Crippen molar-refractivity contribution in [2.75, 3.05) is 43.9 Å². The SMILES string of the molecule is CN1CCN(c2ccc(CNC(=O)c3ccc(N)c([N+](=O)[O-])c3)cn2)CC1. The second-order valence-corrected chi connectivity index (χ2v) is 6.53. The lowest BCUT2D eigenvalue weighted by molar-refractivity contribution is -0.383. The van der Waals surface area contributed by atoms with E-state index >= 15 is 0 Å². The van der Waals surface area contributed by atoms with Gasteiger partial charge in [0.2, 0.25) is 0 Å². The van der Waals surface area contributed by atoms with Crippen LogP contribution in [0, 0.1) is 10.1 Å². The summed E-state index contributed by atoms with van der Waals surface area (Å²) in [6.45, 7) is 4.18. The number of piperazine rings is 1. The fourth-order valence-corrected chi connectivity index (χ4v) is 2.87. The zero-order valence-electron chi connectivity index (χ0n) is 15.1. The number of carbonyl (C=O) groups is 1. The molecule has 1 aromatic heterocycles. The zero-order valence-corrected chi connectivity index (χ0v) is 15.1. The molecule has 1 amide bonds. The molecule has 0 radical (unpaired) electrons. The Balaban J connectivity index is 1.59. The van der Waals surface area contributed by atoms with Crippen molar-refractivity contribution in [3.8, 4) is 0 Å². The number of nitrogens with two attached hydrogens (primary N) is 1. The van der Waals surface area contributed by atoms with Crippen LogP contribution in [-0.2, 0) is 6.54 Å². The van der Waals surface area contributed by atoms with Crippen LogP contribution in [0.3, 0.4) is 0 Å². The van der Waals surface area contributed by atoms with Crippen molar-refractivity contribution in [1.82, 2.24) is 15.2 Å². The molecule has 27 heavy (non-hydrogen) atoms. The van der Waals surface area contributed by atoms with Crippen LogP contribution in [0.4, 0.5) is 17.2 Å². The highest BCUT2D eigenvalue weighted by molar-refractivity contribution is 5.95. The number of rotatable bonds is 5. The molecule has 3 N–H and O–H groups in total. The molecule has 0 aliphatic carbocycles. The highest BCUT2D eigenvalue weighted by Gasteiger charge is 2.16. The standard InChI is InChI=1S/C18H22N6O3/c1-22-6-8-23(9-7-22)17-5-2-13(11-20-17)12-21-18(25)14-3-4-15(19)16(10-14)24(26)27/h2-5,10-11H,6-9,12,19H2,1H3,(H,21,25). The third-order valence-corrected chi connectivity index (χ3v) is 4.58. The Kier molecular flexibility index (Phi) is 5.51. The number of nitro benzene ring substituents is 1. The molecule has 9 nitrogen and oxygen atoms in total. The molecule has 1 aliphatic heterocycles. The lowest BCUT2D eigenvalue weighted by atomic mass is 10.1. The van der Waals surface area contributed by atoms with E-state index in [0.29, 0.717) is 0 Å². The van der Waals surface area contributed by atoms with Crippen molar-refractivity contribution in [3.05, 3.63) is 57.8 Å². The van der Waals surface area contributed by atoms with Crippen molar-refractivity contribution in [2.45, 2.75) is 6.54 Å². The molecule has 0 spiro atoms. The normalized spacial score (nSPS) is 14.8. The van der Waals surface area contributed by atoms with Crippen LogP contribution in [0.1, 0.15) is 15.9 Å². The van der Waals surface area contributed by atoms with E-state index in [9.17, 15) is 14.9 Å². The smallest absolute Gasteiger partial charge is 0.292 e. The number of nitro groups is 1. The van der Waals surface area contributed by atoms with E-state index in [-0.39, 0.29) is 23.5 Å². The number of hydrogen-bond acceptors (Lipinski definition) is 7. The van der Waals surface area contributed by atoms with Gasteiger partial charge < -0.3 is 20.9 Å². The zero-order chi connectivity index (χ0) is 19.4. The van der Waals surface area contributed by atoms with Crippen molar-refractivity contribution in [1.29, 1.82) is 0 Å². The molecule has 1 aliphatic rings. The summed E-state index contributed by atoms with van der Waals surface area (Å²) in [5, 5.41) is 13.7. The second-order valence-electron chi connectivity index (χ2n) is 6.53. The molecule has 1 saturated heterocycles. The summed E-state index contributed by atoms with van der Waals surface area (Å²) in [7, 11) is 2.10. The Morgan fingerprint density at radius 2 is 2.00 bits per heavy atom. The minimum atomic E-state index is -0.604. The number of pyridine rings is 1. The fourth-order valence-electron chi connectivity index (χ4n) is 2.87. The average molecular weight is 370 g/mol. The summed E-state index contributed by atoms with van der Waals surface area (Å²) in [6, 6.07) is 7.87. The van der Waals surface area contributed by atoms with Gasteiger partial charge in [0, 0.05) is 50.6 Å². The number of amides is 1. The highest BCUT2D eigenvalue weighted by atomic mass is 16.6. The van der Waals surface area contributed by atoms with Crippen molar-refractivity contribution >= 4 is 23.1 Å². The number of likely N-dealkylation sites (N-methyl/N-ethyl adjacent to an activating group) is 1. The predicted octanol–water partition coefficient (Wildman–Crippen LogP) is 1.25. The van der Waals surface area contributed by atoms with Crippen molar-refractivity contribution in [3.63, 3.8) is 0 Å². The third-order valence-electron chi connectivity index (χ3n) is 4.58. The summed E-state index contributed by atoms with van der Waals surface area (Å²) >= 11 is 0. The van der Waals surface area contributed by atoms with Gasteiger partial charge >= 0.3 is 0 Å². The molecule has 142 valence electrons.